The SMILES string of the molecule is C[C@@H](NC(=O)COc1ccc(/C=N\NC(=O)C(=O)Nc2ccc(Cl)cc2)cc1)c1ccccc1. The van der Waals surface area contributed by atoms with Crippen LogP contribution in [-0.4, -0.2) is 30.5 Å². The number of benzene rings is 3. The van der Waals surface area contributed by atoms with Crippen LogP contribution in [0.2, 0.25) is 5.02 Å². The van der Waals surface area contributed by atoms with Crippen LogP contribution in [-0.2, 0) is 14.4 Å². The third kappa shape index (κ3) is 7.75. The maximum atomic E-state index is 12.1. The summed E-state index contributed by atoms with van der Waals surface area (Å²) in [5.74, 6) is -1.50. The molecule has 0 saturated carbocycles. The van der Waals surface area contributed by atoms with Crippen LogP contribution in [0.25, 0.3) is 0 Å². The molecule has 0 aliphatic heterocycles. The first-order valence-electron chi connectivity index (χ1n) is 10.4. The lowest BCUT2D eigenvalue weighted by Crippen LogP contribution is -2.32. The Morgan fingerprint density at radius 1 is 0.941 bits per heavy atom. The van der Waals surface area contributed by atoms with Gasteiger partial charge < -0.3 is 15.4 Å². The van der Waals surface area contributed by atoms with E-state index in [1.807, 2.05) is 37.3 Å². The van der Waals surface area contributed by atoms with Crippen molar-refractivity contribution in [3.8, 4) is 5.75 Å². The highest BCUT2D eigenvalue weighted by atomic mass is 35.5. The van der Waals surface area contributed by atoms with Gasteiger partial charge in [0.2, 0.25) is 0 Å². The third-order valence-electron chi connectivity index (χ3n) is 4.62. The van der Waals surface area contributed by atoms with Crippen LogP contribution in [0.5, 0.6) is 5.75 Å². The van der Waals surface area contributed by atoms with Crippen LogP contribution in [0.15, 0.2) is 84.0 Å². The van der Waals surface area contributed by atoms with Crippen LogP contribution in [0, 0.1) is 0 Å². The largest absolute Gasteiger partial charge is 0.484 e. The van der Waals surface area contributed by atoms with Gasteiger partial charge in [-0.1, -0.05) is 41.9 Å². The van der Waals surface area contributed by atoms with E-state index in [1.54, 1.807) is 48.5 Å². The molecule has 34 heavy (non-hydrogen) atoms. The number of anilines is 1. The van der Waals surface area contributed by atoms with E-state index in [-0.39, 0.29) is 18.6 Å². The van der Waals surface area contributed by atoms with Crippen LogP contribution >= 0.6 is 11.6 Å². The maximum Gasteiger partial charge on any atom is 0.329 e. The Bertz CT molecular complexity index is 1150. The summed E-state index contributed by atoms with van der Waals surface area (Å²) in [6.07, 6.45) is 1.38. The summed E-state index contributed by atoms with van der Waals surface area (Å²) in [7, 11) is 0. The molecule has 174 valence electrons. The van der Waals surface area contributed by atoms with Crippen molar-refractivity contribution in [1.29, 1.82) is 0 Å². The zero-order chi connectivity index (χ0) is 24.3. The van der Waals surface area contributed by atoms with Gasteiger partial charge in [-0.05, 0) is 66.6 Å². The molecule has 0 spiro atoms. The number of nitrogens with zero attached hydrogens (tertiary/aromatic N) is 1. The quantitative estimate of drug-likeness (QED) is 0.260. The van der Waals surface area contributed by atoms with Crippen LogP contribution in [0.1, 0.15) is 24.1 Å². The fourth-order valence-corrected chi connectivity index (χ4v) is 2.97. The molecule has 0 fully saturated rings. The Morgan fingerprint density at radius 2 is 1.62 bits per heavy atom. The molecule has 0 aliphatic rings. The van der Waals surface area contributed by atoms with E-state index in [2.05, 4.69) is 21.2 Å². The number of nitrogens with one attached hydrogen (secondary N) is 3. The lowest BCUT2D eigenvalue weighted by molar-refractivity contribution is -0.136. The molecule has 3 amide bonds. The molecule has 1 atom stereocenters. The minimum atomic E-state index is -0.915. The lowest BCUT2D eigenvalue weighted by Gasteiger charge is -2.14. The van der Waals surface area contributed by atoms with Gasteiger partial charge in [0.1, 0.15) is 5.75 Å². The van der Waals surface area contributed by atoms with Crippen LogP contribution < -0.4 is 20.8 Å². The average molecular weight is 479 g/mol. The van der Waals surface area contributed by atoms with E-state index >= 15 is 0 Å². The summed E-state index contributed by atoms with van der Waals surface area (Å²) in [5, 5.41) is 9.61. The number of halogens is 1. The molecule has 3 aromatic rings. The van der Waals surface area contributed by atoms with Crippen molar-refractivity contribution in [2.24, 2.45) is 5.10 Å². The molecule has 0 aliphatic carbocycles. The van der Waals surface area contributed by atoms with E-state index in [9.17, 15) is 14.4 Å². The topological polar surface area (TPSA) is 109 Å². The van der Waals surface area contributed by atoms with Crippen LogP contribution in [0.3, 0.4) is 0 Å². The number of hydrogen-bond acceptors (Lipinski definition) is 5. The van der Waals surface area contributed by atoms with Gasteiger partial charge >= 0.3 is 11.8 Å². The first-order chi connectivity index (χ1) is 16.4. The standard InChI is InChI=1S/C25H23ClN4O4/c1-17(19-5-3-2-4-6-19)28-23(31)16-34-22-13-7-18(8-14-22)15-27-30-25(33)24(32)29-21-11-9-20(26)10-12-21/h2-15,17H,16H2,1H3,(H,28,31)(H,29,32)(H,30,33)/b27-15-/t17-/m1/s1. The van der Waals surface area contributed by atoms with Gasteiger partial charge in [0.25, 0.3) is 5.91 Å². The molecule has 3 N–H and O–H groups in total. The van der Waals surface area contributed by atoms with Crippen molar-refractivity contribution in [1.82, 2.24) is 10.7 Å². The minimum absolute atomic E-state index is 0.122. The number of hydrazone groups is 1. The van der Waals surface area contributed by atoms with E-state index in [4.69, 9.17) is 16.3 Å². The van der Waals surface area contributed by atoms with Gasteiger partial charge in [-0.3, -0.25) is 14.4 Å². The first kappa shape index (κ1) is 24.5. The fraction of sp³-hybridized carbons (Fsp3) is 0.120. The van der Waals surface area contributed by atoms with Crippen molar-refractivity contribution in [2.75, 3.05) is 11.9 Å². The molecule has 0 saturated heterocycles. The first-order valence-corrected chi connectivity index (χ1v) is 10.8. The zero-order valence-corrected chi connectivity index (χ0v) is 19.1. The number of carbonyl (C=O) groups is 3. The monoisotopic (exact) mass is 478 g/mol. The summed E-state index contributed by atoms with van der Waals surface area (Å²) in [6, 6.07) is 22.6. The molecule has 0 radical (unpaired) electrons. The van der Waals surface area contributed by atoms with E-state index in [0.717, 1.165) is 5.56 Å². The maximum absolute atomic E-state index is 12.1. The molecule has 3 aromatic carbocycles. The normalized spacial score (nSPS) is 11.5. The Morgan fingerprint density at radius 3 is 2.29 bits per heavy atom. The predicted molar refractivity (Wildman–Crippen MR) is 131 cm³/mol. The van der Waals surface area contributed by atoms with E-state index < -0.39 is 11.8 Å². The van der Waals surface area contributed by atoms with Crippen molar-refractivity contribution in [2.45, 2.75) is 13.0 Å². The molecule has 0 bridgehead atoms. The van der Waals surface area contributed by atoms with Crippen LogP contribution in [0.4, 0.5) is 5.69 Å². The van der Waals surface area contributed by atoms with Gasteiger partial charge in [-0.15, -0.1) is 0 Å². The molecule has 9 heteroatoms. The summed E-state index contributed by atoms with van der Waals surface area (Å²) >= 11 is 5.78. The highest BCUT2D eigenvalue weighted by molar-refractivity contribution is 6.39. The minimum Gasteiger partial charge on any atom is -0.484 e. The second-order valence-electron chi connectivity index (χ2n) is 7.22. The highest BCUT2D eigenvalue weighted by Crippen LogP contribution is 2.14. The molecular weight excluding hydrogens is 456 g/mol. The Balaban J connectivity index is 1.41. The van der Waals surface area contributed by atoms with Crippen molar-refractivity contribution in [3.05, 3.63) is 95.0 Å². The molecule has 3 rings (SSSR count). The molecule has 0 unspecified atom stereocenters. The Hall–Kier alpha value is -4.17. The average Bonchev–Trinajstić information content (AvgIpc) is 2.85. The summed E-state index contributed by atoms with van der Waals surface area (Å²) < 4.78 is 5.51. The third-order valence-corrected chi connectivity index (χ3v) is 4.87. The van der Waals surface area contributed by atoms with Gasteiger partial charge in [0.15, 0.2) is 6.61 Å². The van der Waals surface area contributed by atoms with E-state index in [0.29, 0.717) is 22.0 Å². The fourth-order valence-electron chi connectivity index (χ4n) is 2.84. The van der Waals surface area contributed by atoms with Crippen molar-refractivity contribution >= 4 is 41.2 Å². The summed E-state index contributed by atoms with van der Waals surface area (Å²) in [6.45, 7) is 1.78. The summed E-state index contributed by atoms with van der Waals surface area (Å²) in [4.78, 5) is 35.9. The second-order valence-corrected chi connectivity index (χ2v) is 7.65. The van der Waals surface area contributed by atoms with Gasteiger partial charge in [0, 0.05) is 10.7 Å². The van der Waals surface area contributed by atoms with Gasteiger partial charge in [-0.2, -0.15) is 5.10 Å². The predicted octanol–water partition coefficient (Wildman–Crippen LogP) is 3.69. The summed E-state index contributed by atoms with van der Waals surface area (Å²) in [5.41, 5.74) is 4.26. The molecular formula is C25H23ClN4O4. The molecule has 0 aromatic heterocycles. The van der Waals surface area contributed by atoms with Gasteiger partial charge in [0.05, 0.1) is 12.3 Å². The number of ether oxygens (including phenoxy) is 1. The Kier molecular flexibility index (Phi) is 8.76. The number of hydrogen-bond donors (Lipinski definition) is 3. The lowest BCUT2D eigenvalue weighted by atomic mass is 10.1. The van der Waals surface area contributed by atoms with E-state index in [1.165, 1.54) is 6.21 Å². The number of amides is 3. The Labute approximate surface area is 202 Å². The molecule has 8 nitrogen and oxygen atoms in total. The second kappa shape index (κ2) is 12.2. The number of rotatable bonds is 8. The highest BCUT2D eigenvalue weighted by Gasteiger charge is 2.13. The van der Waals surface area contributed by atoms with Crippen molar-refractivity contribution < 1.29 is 19.1 Å². The number of carbonyl (C=O) groups excluding carboxylic acids is 3. The van der Waals surface area contributed by atoms with Crippen molar-refractivity contribution in [3.63, 3.8) is 0 Å². The van der Waals surface area contributed by atoms with Gasteiger partial charge in [-0.25, -0.2) is 5.43 Å². The smallest absolute Gasteiger partial charge is 0.329 e. The zero-order valence-electron chi connectivity index (χ0n) is 18.3. The molecule has 0 heterocycles.